The number of amides is 1. The maximum atomic E-state index is 13.6. The number of aromatic nitrogens is 6. The summed E-state index contributed by atoms with van der Waals surface area (Å²) < 4.78 is 2.71. The van der Waals surface area contributed by atoms with Gasteiger partial charge in [-0.15, -0.1) is 0 Å². The van der Waals surface area contributed by atoms with E-state index in [1.165, 1.54) is 21.9 Å². The molecule has 0 spiro atoms. The van der Waals surface area contributed by atoms with Crippen molar-refractivity contribution in [2.45, 2.75) is 0 Å². The number of nitrogens with one attached hydrogen (secondary N) is 2. The number of carbonyl (C=O) groups is 1. The normalized spacial score (nSPS) is 11.1. The Labute approximate surface area is 202 Å². The van der Waals surface area contributed by atoms with Gasteiger partial charge in [-0.2, -0.15) is 14.9 Å². The minimum atomic E-state index is -0.509. The standard InChI is InChI=1S/C26H17N7O3/c34-24-19-14-29-33(23(19)27-15-28-24)21-13-7-6-12-20(21)30-25(35)22-17-10-4-5-11-18(17)26(36)32(31-22)16-8-2-1-3-9-16/h1-15H,(H,30,35)(H,27,28,34). The lowest BCUT2D eigenvalue weighted by atomic mass is 10.1. The van der Waals surface area contributed by atoms with Crippen molar-refractivity contribution in [1.29, 1.82) is 0 Å². The number of benzene rings is 3. The molecule has 36 heavy (non-hydrogen) atoms. The second-order valence-corrected chi connectivity index (χ2v) is 7.94. The Balaban J connectivity index is 1.48. The molecule has 6 rings (SSSR count). The SMILES string of the molecule is O=C(Nc1ccccc1-n1ncc2c(=O)[nH]cnc21)c1nn(-c2ccccc2)c(=O)c2ccccc12. The zero-order valence-corrected chi connectivity index (χ0v) is 18.6. The zero-order valence-electron chi connectivity index (χ0n) is 18.6. The average Bonchev–Trinajstić information content (AvgIpc) is 3.35. The Morgan fingerprint density at radius 1 is 0.806 bits per heavy atom. The molecule has 0 aliphatic rings. The number of hydrogen-bond acceptors (Lipinski definition) is 6. The molecule has 0 saturated heterocycles. The molecule has 0 saturated carbocycles. The van der Waals surface area contributed by atoms with Crippen molar-refractivity contribution in [1.82, 2.24) is 29.5 Å². The van der Waals surface area contributed by atoms with Gasteiger partial charge in [-0.3, -0.25) is 14.4 Å². The van der Waals surface area contributed by atoms with Crippen LogP contribution in [0.5, 0.6) is 0 Å². The fraction of sp³-hybridized carbons (Fsp3) is 0. The van der Waals surface area contributed by atoms with Crippen molar-refractivity contribution in [3.63, 3.8) is 0 Å². The van der Waals surface area contributed by atoms with Crippen molar-refractivity contribution >= 4 is 33.4 Å². The van der Waals surface area contributed by atoms with Gasteiger partial charge in [0.05, 0.1) is 35.0 Å². The molecule has 3 aromatic carbocycles. The third-order valence-corrected chi connectivity index (χ3v) is 5.77. The lowest BCUT2D eigenvalue weighted by Gasteiger charge is -2.14. The van der Waals surface area contributed by atoms with Gasteiger partial charge in [-0.25, -0.2) is 9.67 Å². The van der Waals surface area contributed by atoms with Crippen LogP contribution in [0.2, 0.25) is 0 Å². The van der Waals surface area contributed by atoms with Crippen molar-refractivity contribution in [3.8, 4) is 11.4 Å². The van der Waals surface area contributed by atoms with Crippen LogP contribution >= 0.6 is 0 Å². The van der Waals surface area contributed by atoms with Gasteiger partial charge in [0.1, 0.15) is 5.39 Å². The fourth-order valence-electron chi connectivity index (χ4n) is 4.08. The van der Waals surface area contributed by atoms with Gasteiger partial charge in [-0.05, 0) is 30.3 Å². The predicted molar refractivity (Wildman–Crippen MR) is 135 cm³/mol. The molecule has 0 radical (unpaired) electrons. The van der Waals surface area contributed by atoms with Crippen molar-refractivity contribution in [2.24, 2.45) is 0 Å². The second kappa shape index (κ2) is 8.44. The first-order valence-electron chi connectivity index (χ1n) is 11.0. The van der Waals surface area contributed by atoms with Gasteiger partial charge in [0, 0.05) is 5.39 Å². The van der Waals surface area contributed by atoms with E-state index in [4.69, 9.17) is 0 Å². The van der Waals surface area contributed by atoms with E-state index < -0.39 is 5.91 Å². The van der Waals surface area contributed by atoms with E-state index in [0.717, 1.165) is 0 Å². The summed E-state index contributed by atoms with van der Waals surface area (Å²) in [5.41, 5.74) is 1.28. The third kappa shape index (κ3) is 3.44. The largest absolute Gasteiger partial charge is 0.319 e. The highest BCUT2D eigenvalue weighted by molar-refractivity contribution is 6.11. The number of para-hydroxylation sites is 3. The summed E-state index contributed by atoms with van der Waals surface area (Å²) in [6.45, 7) is 0. The number of nitrogens with zero attached hydrogens (tertiary/aromatic N) is 5. The van der Waals surface area contributed by atoms with E-state index in [1.54, 1.807) is 72.8 Å². The maximum Gasteiger partial charge on any atom is 0.279 e. The molecule has 3 aromatic heterocycles. The number of anilines is 1. The van der Waals surface area contributed by atoms with E-state index in [1.807, 2.05) is 6.07 Å². The van der Waals surface area contributed by atoms with Crippen LogP contribution in [0.25, 0.3) is 33.2 Å². The molecule has 0 aliphatic heterocycles. The highest BCUT2D eigenvalue weighted by atomic mass is 16.2. The molecular weight excluding hydrogens is 458 g/mol. The Morgan fingerprint density at radius 3 is 2.36 bits per heavy atom. The van der Waals surface area contributed by atoms with E-state index in [2.05, 4.69) is 25.5 Å². The predicted octanol–water partition coefficient (Wildman–Crippen LogP) is 3.06. The van der Waals surface area contributed by atoms with Crippen LogP contribution in [-0.4, -0.2) is 35.4 Å². The smallest absolute Gasteiger partial charge is 0.279 e. The van der Waals surface area contributed by atoms with Crippen LogP contribution < -0.4 is 16.4 Å². The topological polar surface area (TPSA) is 128 Å². The van der Waals surface area contributed by atoms with Crippen molar-refractivity contribution in [3.05, 3.63) is 118 Å². The second-order valence-electron chi connectivity index (χ2n) is 7.94. The van der Waals surface area contributed by atoms with Crippen molar-refractivity contribution in [2.75, 3.05) is 5.32 Å². The monoisotopic (exact) mass is 475 g/mol. The van der Waals surface area contributed by atoms with Crippen LogP contribution in [0.4, 0.5) is 5.69 Å². The Kier molecular flexibility index (Phi) is 4.96. The molecule has 10 heteroatoms. The minimum absolute atomic E-state index is 0.0868. The maximum absolute atomic E-state index is 13.6. The molecule has 3 heterocycles. The van der Waals surface area contributed by atoms with Gasteiger partial charge in [-0.1, -0.05) is 48.5 Å². The minimum Gasteiger partial charge on any atom is -0.319 e. The molecule has 0 fully saturated rings. The molecule has 1 amide bonds. The molecule has 2 N–H and O–H groups in total. The van der Waals surface area contributed by atoms with Gasteiger partial charge >= 0.3 is 0 Å². The molecule has 6 aromatic rings. The van der Waals surface area contributed by atoms with E-state index >= 15 is 0 Å². The lowest BCUT2D eigenvalue weighted by molar-refractivity contribution is 0.102. The lowest BCUT2D eigenvalue weighted by Crippen LogP contribution is -2.26. The van der Waals surface area contributed by atoms with E-state index in [0.29, 0.717) is 38.9 Å². The summed E-state index contributed by atoms with van der Waals surface area (Å²) in [6.07, 6.45) is 2.72. The summed E-state index contributed by atoms with van der Waals surface area (Å²) in [7, 11) is 0. The zero-order chi connectivity index (χ0) is 24.6. The first-order chi connectivity index (χ1) is 17.6. The average molecular weight is 475 g/mol. The van der Waals surface area contributed by atoms with Gasteiger partial charge in [0.25, 0.3) is 17.0 Å². The summed E-state index contributed by atoms with van der Waals surface area (Å²) in [4.78, 5) is 45.6. The number of aromatic amines is 1. The Bertz CT molecular complexity index is 1890. The quantitative estimate of drug-likeness (QED) is 0.403. The Morgan fingerprint density at radius 2 is 1.53 bits per heavy atom. The highest BCUT2D eigenvalue weighted by Gasteiger charge is 2.20. The van der Waals surface area contributed by atoms with Gasteiger partial charge in [0.2, 0.25) is 0 Å². The van der Waals surface area contributed by atoms with Crippen LogP contribution in [0.3, 0.4) is 0 Å². The fourth-order valence-corrected chi connectivity index (χ4v) is 4.08. The van der Waals surface area contributed by atoms with Crippen LogP contribution in [-0.2, 0) is 0 Å². The summed E-state index contributed by atoms with van der Waals surface area (Å²) >= 11 is 0. The molecule has 0 atom stereocenters. The van der Waals surface area contributed by atoms with Gasteiger partial charge < -0.3 is 10.3 Å². The van der Waals surface area contributed by atoms with Crippen molar-refractivity contribution < 1.29 is 4.79 Å². The van der Waals surface area contributed by atoms with E-state index in [-0.39, 0.29) is 16.8 Å². The van der Waals surface area contributed by atoms with Crippen LogP contribution in [0.1, 0.15) is 10.5 Å². The summed E-state index contributed by atoms with van der Waals surface area (Å²) in [5.74, 6) is -0.509. The Hall–Kier alpha value is -5.38. The first-order valence-corrected chi connectivity index (χ1v) is 11.0. The number of carbonyl (C=O) groups excluding carboxylic acids is 1. The molecular formula is C26H17N7O3. The van der Waals surface area contributed by atoms with Crippen LogP contribution in [0, 0.1) is 0 Å². The molecule has 174 valence electrons. The number of fused-ring (bicyclic) bond motifs is 2. The first kappa shape index (κ1) is 21.2. The summed E-state index contributed by atoms with van der Waals surface area (Å²) in [6, 6.07) is 22.8. The molecule has 10 nitrogen and oxygen atoms in total. The number of hydrogen-bond donors (Lipinski definition) is 2. The van der Waals surface area contributed by atoms with Crippen LogP contribution in [0.15, 0.2) is 101 Å². The van der Waals surface area contributed by atoms with E-state index in [9.17, 15) is 14.4 Å². The van der Waals surface area contributed by atoms with Gasteiger partial charge in [0.15, 0.2) is 11.3 Å². The number of rotatable bonds is 4. The number of H-pyrrole nitrogens is 1. The third-order valence-electron chi connectivity index (χ3n) is 5.77. The molecule has 0 unspecified atom stereocenters. The highest BCUT2D eigenvalue weighted by Crippen LogP contribution is 2.24. The molecule has 0 aliphatic carbocycles. The summed E-state index contributed by atoms with van der Waals surface area (Å²) in [5, 5.41) is 12.8. The molecule has 0 bridgehead atoms.